The fourth-order valence-electron chi connectivity index (χ4n) is 6.35. The molecule has 6 heteroatoms. The molecule has 174 valence electrons. The summed E-state index contributed by atoms with van der Waals surface area (Å²) in [4.78, 5) is 32.4. The molecule has 0 aromatic heterocycles. The second-order valence-corrected chi connectivity index (χ2v) is 10.5. The van der Waals surface area contributed by atoms with Gasteiger partial charge in [-0.25, -0.2) is 4.39 Å². The molecule has 3 aliphatic heterocycles. The number of hydrogen-bond acceptors (Lipinski definition) is 4. The number of halogens is 1. The number of anilines is 2. The van der Waals surface area contributed by atoms with Crippen LogP contribution in [-0.2, 0) is 10.2 Å². The minimum Gasteiger partial charge on any atom is -0.352 e. The third-order valence-corrected chi connectivity index (χ3v) is 8.02. The Morgan fingerprint density at radius 3 is 2.58 bits per heavy atom. The number of benzene rings is 2. The Morgan fingerprint density at radius 2 is 1.85 bits per heavy atom. The molecule has 0 radical (unpaired) electrons. The smallest absolute Gasteiger partial charge is 0.252 e. The summed E-state index contributed by atoms with van der Waals surface area (Å²) in [6, 6.07) is 12.4. The minimum atomic E-state index is -0.579. The molecule has 0 N–H and O–H groups in total. The maximum atomic E-state index is 13.2. The summed E-state index contributed by atoms with van der Waals surface area (Å²) in [5, 5.41) is 0. The number of likely N-dealkylation sites (N-methyl/N-ethyl adjacent to an activating group) is 1. The number of piperidine rings is 1. The SMILES string of the molecule is CN1C(=O)C(C)(C)N2c3c1cccc3C1(C)CN(CCCC(=O)c3ccc(F)cc3)CCC21. The molecule has 1 saturated heterocycles. The van der Waals surface area contributed by atoms with Gasteiger partial charge in [0.2, 0.25) is 0 Å². The highest BCUT2D eigenvalue weighted by Gasteiger charge is 2.59. The number of likely N-dealkylation sites (tertiary alicyclic amines) is 1. The van der Waals surface area contributed by atoms with E-state index in [0.29, 0.717) is 12.0 Å². The lowest BCUT2D eigenvalue weighted by Gasteiger charge is -2.51. The topological polar surface area (TPSA) is 43.9 Å². The molecular weight excluding hydrogens is 417 g/mol. The Morgan fingerprint density at radius 1 is 1.12 bits per heavy atom. The van der Waals surface area contributed by atoms with Crippen LogP contribution in [0.25, 0.3) is 0 Å². The van der Waals surface area contributed by atoms with E-state index in [9.17, 15) is 14.0 Å². The lowest BCUT2D eigenvalue weighted by molar-refractivity contribution is -0.123. The minimum absolute atomic E-state index is 0.0623. The molecule has 2 aromatic carbocycles. The summed E-state index contributed by atoms with van der Waals surface area (Å²) in [6.07, 6.45) is 2.22. The zero-order chi connectivity index (χ0) is 23.5. The van der Waals surface area contributed by atoms with Gasteiger partial charge in [-0.2, -0.15) is 0 Å². The van der Waals surface area contributed by atoms with Gasteiger partial charge in [0.15, 0.2) is 5.78 Å². The molecule has 0 saturated carbocycles. The summed E-state index contributed by atoms with van der Waals surface area (Å²) >= 11 is 0. The average Bonchev–Trinajstić information content (AvgIpc) is 3.06. The fraction of sp³-hybridized carbons (Fsp3) is 0.481. The van der Waals surface area contributed by atoms with Gasteiger partial charge in [0.25, 0.3) is 5.91 Å². The molecule has 1 amide bonds. The molecule has 0 spiro atoms. The Bertz CT molecular complexity index is 1110. The second kappa shape index (κ2) is 7.66. The summed E-state index contributed by atoms with van der Waals surface area (Å²) in [5.74, 6) is -0.123. The first-order chi connectivity index (χ1) is 15.6. The van der Waals surface area contributed by atoms with Crippen molar-refractivity contribution in [3.63, 3.8) is 0 Å². The van der Waals surface area contributed by atoms with E-state index in [4.69, 9.17) is 0 Å². The molecular formula is C27H32FN3O2. The number of para-hydroxylation sites is 1. The molecule has 33 heavy (non-hydrogen) atoms. The molecule has 3 heterocycles. The summed E-state index contributed by atoms with van der Waals surface area (Å²) < 4.78 is 13.1. The zero-order valence-corrected chi connectivity index (χ0v) is 19.9. The van der Waals surface area contributed by atoms with Crippen molar-refractivity contribution < 1.29 is 14.0 Å². The lowest BCUT2D eigenvalue weighted by atomic mass is 9.74. The van der Waals surface area contributed by atoms with Gasteiger partial charge in [0.05, 0.1) is 11.4 Å². The van der Waals surface area contributed by atoms with Crippen molar-refractivity contribution in [1.29, 1.82) is 0 Å². The van der Waals surface area contributed by atoms with Gasteiger partial charge < -0.3 is 14.7 Å². The van der Waals surface area contributed by atoms with Crippen LogP contribution in [0.4, 0.5) is 15.8 Å². The standard InChI is InChI=1S/C27H32FN3O2/c1-26(2)25(33)29(4)21-8-5-7-20-24(21)31(26)23-14-16-30(17-27(20,23)3)15-6-9-22(32)18-10-12-19(28)13-11-18/h5,7-8,10-13,23H,6,9,14-17H2,1-4H3. The summed E-state index contributed by atoms with van der Waals surface area (Å²) in [6.45, 7) is 9.14. The van der Waals surface area contributed by atoms with Crippen molar-refractivity contribution in [2.45, 2.75) is 57.0 Å². The van der Waals surface area contributed by atoms with Gasteiger partial charge in [-0.1, -0.05) is 19.1 Å². The first-order valence-corrected chi connectivity index (χ1v) is 11.9. The monoisotopic (exact) mass is 449 g/mol. The maximum Gasteiger partial charge on any atom is 0.252 e. The van der Waals surface area contributed by atoms with Crippen LogP contribution < -0.4 is 9.80 Å². The van der Waals surface area contributed by atoms with Crippen LogP contribution in [0, 0.1) is 5.82 Å². The number of amides is 1. The Kier molecular flexibility index (Phi) is 5.12. The molecule has 0 bridgehead atoms. The van der Waals surface area contributed by atoms with E-state index in [1.807, 2.05) is 25.8 Å². The number of fused-ring (bicyclic) bond motifs is 3. The van der Waals surface area contributed by atoms with Crippen LogP contribution in [0.1, 0.15) is 56.0 Å². The van der Waals surface area contributed by atoms with Crippen LogP contribution in [0.15, 0.2) is 42.5 Å². The molecule has 5 rings (SSSR count). The lowest BCUT2D eigenvalue weighted by Crippen LogP contribution is -2.65. The largest absolute Gasteiger partial charge is 0.352 e. The van der Waals surface area contributed by atoms with Crippen LogP contribution in [0.5, 0.6) is 0 Å². The number of nitrogens with zero attached hydrogens (tertiary/aromatic N) is 3. The highest BCUT2D eigenvalue weighted by molar-refractivity contribution is 6.09. The fourth-order valence-corrected chi connectivity index (χ4v) is 6.35. The number of Topliss-reactive ketones (excluding diaryl/α,β-unsaturated/α-hetero) is 1. The summed E-state index contributed by atoms with van der Waals surface area (Å²) in [7, 11) is 1.88. The van der Waals surface area contributed by atoms with E-state index >= 15 is 0 Å². The molecule has 1 fully saturated rings. The van der Waals surface area contributed by atoms with Gasteiger partial charge in [0, 0.05) is 43.6 Å². The van der Waals surface area contributed by atoms with Crippen LogP contribution in [0.3, 0.4) is 0 Å². The summed E-state index contributed by atoms with van der Waals surface area (Å²) in [5.41, 5.74) is 3.46. The van der Waals surface area contributed by atoms with E-state index in [2.05, 4.69) is 34.9 Å². The van der Waals surface area contributed by atoms with E-state index < -0.39 is 5.54 Å². The van der Waals surface area contributed by atoms with E-state index in [1.54, 1.807) is 12.1 Å². The second-order valence-electron chi connectivity index (χ2n) is 10.5. The van der Waals surface area contributed by atoms with Crippen molar-refractivity contribution in [1.82, 2.24) is 4.90 Å². The quantitative estimate of drug-likeness (QED) is 0.635. The third-order valence-electron chi connectivity index (χ3n) is 8.02. The van der Waals surface area contributed by atoms with Gasteiger partial charge in [-0.05, 0) is 69.1 Å². The van der Waals surface area contributed by atoms with Gasteiger partial charge in [-0.15, -0.1) is 0 Å². The maximum absolute atomic E-state index is 13.2. The number of rotatable bonds is 5. The number of carbonyl (C=O) groups is 2. The number of carbonyl (C=O) groups excluding carboxylic acids is 2. The zero-order valence-electron chi connectivity index (χ0n) is 19.9. The molecule has 2 unspecified atom stereocenters. The van der Waals surface area contributed by atoms with Crippen LogP contribution >= 0.6 is 0 Å². The van der Waals surface area contributed by atoms with Crippen molar-refractivity contribution in [2.24, 2.45) is 0 Å². The highest BCUT2D eigenvalue weighted by atomic mass is 19.1. The van der Waals surface area contributed by atoms with Gasteiger partial charge in [-0.3, -0.25) is 9.59 Å². The van der Waals surface area contributed by atoms with Crippen molar-refractivity contribution in [2.75, 3.05) is 36.5 Å². The van der Waals surface area contributed by atoms with Gasteiger partial charge in [0.1, 0.15) is 11.4 Å². The van der Waals surface area contributed by atoms with E-state index in [-0.39, 0.29) is 29.0 Å². The predicted molar refractivity (Wildman–Crippen MR) is 129 cm³/mol. The number of hydrogen-bond donors (Lipinski definition) is 0. The molecule has 2 aromatic rings. The van der Waals surface area contributed by atoms with Crippen LogP contribution in [-0.4, -0.2) is 54.9 Å². The first-order valence-electron chi connectivity index (χ1n) is 11.9. The van der Waals surface area contributed by atoms with Crippen LogP contribution in [0.2, 0.25) is 0 Å². The normalized spacial score (nSPS) is 25.7. The van der Waals surface area contributed by atoms with E-state index in [0.717, 1.165) is 38.2 Å². The number of ketones is 1. The average molecular weight is 450 g/mol. The first kappa shape index (κ1) is 22.1. The molecule has 5 nitrogen and oxygen atoms in total. The third kappa shape index (κ3) is 3.30. The highest BCUT2D eigenvalue weighted by Crippen LogP contribution is 2.57. The van der Waals surface area contributed by atoms with Crippen molar-refractivity contribution >= 4 is 23.1 Å². The Labute approximate surface area is 195 Å². The Hall–Kier alpha value is -2.73. The van der Waals surface area contributed by atoms with E-state index in [1.165, 1.54) is 23.4 Å². The predicted octanol–water partition coefficient (Wildman–Crippen LogP) is 4.40. The molecule has 3 aliphatic rings. The van der Waals surface area contributed by atoms with Crippen molar-refractivity contribution in [3.05, 3.63) is 59.4 Å². The van der Waals surface area contributed by atoms with Crippen molar-refractivity contribution in [3.8, 4) is 0 Å². The Balaban J connectivity index is 1.33. The molecule has 2 atom stereocenters. The molecule has 0 aliphatic carbocycles. The van der Waals surface area contributed by atoms with Gasteiger partial charge >= 0.3 is 0 Å².